The van der Waals surface area contributed by atoms with Crippen molar-refractivity contribution in [3.05, 3.63) is 28.3 Å². The van der Waals surface area contributed by atoms with Gasteiger partial charge in [0.1, 0.15) is 5.75 Å². The molecule has 0 saturated heterocycles. The monoisotopic (exact) mass is 271 g/mol. The molecule has 1 rings (SSSR count). The minimum atomic E-state index is -0.00967. The van der Waals surface area contributed by atoms with Crippen molar-refractivity contribution in [3.8, 4) is 5.75 Å². The zero-order valence-corrected chi connectivity index (χ0v) is 11.1. The standard InChI is InChI=1S/C11H14ClN3OS/c1-6(2)7-3-8(5-14-15-11(13)17)10(16)9(12)4-7/h3-6,16H,1-2H3,(H3,13,15,17). The predicted octanol–water partition coefficient (Wildman–Crippen LogP) is 2.34. The fourth-order valence-corrected chi connectivity index (χ4v) is 1.53. The number of phenolic OH excluding ortho intramolecular Hbond substituents is 1. The van der Waals surface area contributed by atoms with E-state index in [0.717, 1.165) is 5.56 Å². The highest BCUT2D eigenvalue weighted by Gasteiger charge is 2.09. The van der Waals surface area contributed by atoms with Gasteiger partial charge in [0.2, 0.25) is 0 Å². The van der Waals surface area contributed by atoms with Crippen LogP contribution in [0.4, 0.5) is 0 Å². The average Bonchev–Trinajstić information content (AvgIpc) is 2.23. The summed E-state index contributed by atoms with van der Waals surface area (Å²) in [5.41, 5.74) is 9.17. The summed E-state index contributed by atoms with van der Waals surface area (Å²) in [6.07, 6.45) is 1.42. The summed E-state index contributed by atoms with van der Waals surface area (Å²) >= 11 is 10.5. The Morgan fingerprint density at radius 3 is 2.76 bits per heavy atom. The first-order chi connectivity index (χ1) is 7.91. The van der Waals surface area contributed by atoms with Crippen LogP contribution in [0, 0.1) is 0 Å². The molecule has 0 spiro atoms. The average molecular weight is 272 g/mol. The number of nitrogens with zero attached hydrogens (tertiary/aromatic N) is 1. The predicted molar refractivity (Wildman–Crippen MR) is 74.7 cm³/mol. The number of thiocarbonyl (C=S) groups is 1. The van der Waals surface area contributed by atoms with Gasteiger partial charge in [-0.2, -0.15) is 5.10 Å². The van der Waals surface area contributed by atoms with Gasteiger partial charge >= 0.3 is 0 Å². The molecule has 0 radical (unpaired) electrons. The van der Waals surface area contributed by atoms with Crippen molar-refractivity contribution in [3.63, 3.8) is 0 Å². The lowest BCUT2D eigenvalue weighted by Gasteiger charge is -2.09. The van der Waals surface area contributed by atoms with Crippen LogP contribution in [0.1, 0.15) is 30.9 Å². The smallest absolute Gasteiger partial charge is 0.184 e. The number of hydrogen-bond donors (Lipinski definition) is 3. The Kier molecular flexibility index (Phi) is 4.72. The summed E-state index contributed by atoms with van der Waals surface area (Å²) in [6, 6.07) is 3.55. The Morgan fingerprint density at radius 2 is 2.24 bits per heavy atom. The second kappa shape index (κ2) is 5.84. The minimum absolute atomic E-state index is 0.00967. The highest BCUT2D eigenvalue weighted by atomic mass is 35.5. The van der Waals surface area contributed by atoms with Crippen LogP contribution >= 0.6 is 23.8 Å². The molecule has 4 N–H and O–H groups in total. The summed E-state index contributed by atoms with van der Waals surface area (Å²) in [6.45, 7) is 4.08. The maximum absolute atomic E-state index is 9.75. The lowest BCUT2D eigenvalue weighted by Crippen LogP contribution is -2.24. The van der Waals surface area contributed by atoms with Crippen molar-refractivity contribution in [2.45, 2.75) is 19.8 Å². The molecule has 0 unspecified atom stereocenters. The molecule has 0 heterocycles. The zero-order chi connectivity index (χ0) is 13.0. The van der Waals surface area contributed by atoms with Gasteiger partial charge in [0.25, 0.3) is 0 Å². The van der Waals surface area contributed by atoms with Crippen LogP contribution in [0.25, 0.3) is 0 Å². The molecule has 92 valence electrons. The van der Waals surface area contributed by atoms with Crippen molar-refractivity contribution < 1.29 is 5.11 Å². The van der Waals surface area contributed by atoms with Gasteiger partial charge in [-0.3, -0.25) is 5.43 Å². The molecule has 0 aromatic heterocycles. The molecule has 0 amide bonds. The maximum Gasteiger partial charge on any atom is 0.184 e. The van der Waals surface area contributed by atoms with Crippen molar-refractivity contribution in [1.29, 1.82) is 0 Å². The van der Waals surface area contributed by atoms with Gasteiger partial charge in [0.15, 0.2) is 5.11 Å². The Hall–Kier alpha value is -1.33. The van der Waals surface area contributed by atoms with E-state index < -0.39 is 0 Å². The van der Waals surface area contributed by atoms with E-state index in [1.54, 1.807) is 6.07 Å². The van der Waals surface area contributed by atoms with E-state index >= 15 is 0 Å². The van der Waals surface area contributed by atoms with Gasteiger partial charge in [-0.25, -0.2) is 0 Å². The van der Waals surface area contributed by atoms with Crippen LogP contribution < -0.4 is 11.2 Å². The van der Waals surface area contributed by atoms with Gasteiger partial charge in [0.05, 0.1) is 11.2 Å². The Morgan fingerprint density at radius 1 is 1.59 bits per heavy atom. The maximum atomic E-state index is 9.75. The second-order valence-electron chi connectivity index (χ2n) is 3.83. The third-order valence-electron chi connectivity index (χ3n) is 2.16. The normalized spacial score (nSPS) is 11.1. The number of aromatic hydroxyl groups is 1. The molecule has 17 heavy (non-hydrogen) atoms. The summed E-state index contributed by atoms with van der Waals surface area (Å²) in [5, 5.41) is 13.9. The minimum Gasteiger partial charge on any atom is -0.506 e. The number of nitrogens with one attached hydrogen (secondary N) is 1. The Labute approximate surface area is 110 Å². The summed E-state index contributed by atoms with van der Waals surface area (Å²) in [7, 11) is 0. The molecule has 1 aromatic carbocycles. The van der Waals surface area contributed by atoms with E-state index in [0.29, 0.717) is 16.5 Å². The van der Waals surface area contributed by atoms with Crippen LogP contribution in [0.5, 0.6) is 5.75 Å². The van der Waals surface area contributed by atoms with E-state index in [4.69, 9.17) is 17.3 Å². The van der Waals surface area contributed by atoms with Gasteiger partial charge in [-0.05, 0) is 35.8 Å². The third-order valence-corrected chi connectivity index (χ3v) is 2.54. The molecule has 4 nitrogen and oxygen atoms in total. The van der Waals surface area contributed by atoms with Gasteiger partial charge in [0, 0.05) is 5.56 Å². The molecule has 6 heteroatoms. The SMILES string of the molecule is CC(C)c1cc(Cl)c(O)c(C=NNC(N)=S)c1. The molecule has 0 aliphatic heterocycles. The van der Waals surface area contributed by atoms with E-state index in [-0.39, 0.29) is 10.9 Å². The van der Waals surface area contributed by atoms with Crippen molar-refractivity contribution in [1.82, 2.24) is 5.43 Å². The van der Waals surface area contributed by atoms with Crippen LogP contribution in [0.2, 0.25) is 5.02 Å². The lowest BCUT2D eigenvalue weighted by atomic mass is 10.0. The Bertz CT molecular complexity index is 460. The van der Waals surface area contributed by atoms with Crippen LogP contribution in [-0.2, 0) is 0 Å². The first kappa shape index (κ1) is 13.7. The van der Waals surface area contributed by atoms with Crippen molar-refractivity contribution in [2.24, 2.45) is 10.8 Å². The number of hydrogen-bond acceptors (Lipinski definition) is 3. The second-order valence-corrected chi connectivity index (χ2v) is 4.68. The highest BCUT2D eigenvalue weighted by Crippen LogP contribution is 2.30. The fraction of sp³-hybridized carbons (Fsp3) is 0.273. The summed E-state index contributed by atoms with van der Waals surface area (Å²) in [4.78, 5) is 0. The lowest BCUT2D eigenvalue weighted by molar-refractivity contribution is 0.474. The molecule has 0 bridgehead atoms. The molecule has 0 aliphatic rings. The molecular weight excluding hydrogens is 258 g/mol. The molecule has 1 aromatic rings. The Balaban J connectivity index is 3.05. The number of rotatable bonds is 3. The number of nitrogens with two attached hydrogens (primary N) is 1. The molecule has 0 saturated carbocycles. The van der Waals surface area contributed by atoms with Gasteiger partial charge in [-0.15, -0.1) is 0 Å². The number of halogens is 1. The molecule has 0 aliphatic carbocycles. The van der Waals surface area contributed by atoms with E-state index in [1.165, 1.54) is 6.21 Å². The van der Waals surface area contributed by atoms with Crippen LogP contribution in [0.3, 0.4) is 0 Å². The molecule has 0 atom stereocenters. The topological polar surface area (TPSA) is 70.6 Å². The largest absolute Gasteiger partial charge is 0.506 e. The fourth-order valence-electron chi connectivity index (χ4n) is 1.24. The number of benzene rings is 1. The zero-order valence-electron chi connectivity index (χ0n) is 9.57. The van der Waals surface area contributed by atoms with E-state index in [9.17, 15) is 5.11 Å². The van der Waals surface area contributed by atoms with Gasteiger partial charge in [-0.1, -0.05) is 25.4 Å². The van der Waals surface area contributed by atoms with E-state index in [2.05, 4.69) is 22.7 Å². The van der Waals surface area contributed by atoms with Gasteiger partial charge < -0.3 is 10.8 Å². The first-order valence-corrected chi connectivity index (χ1v) is 5.81. The van der Waals surface area contributed by atoms with E-state index in [1.807, 2.05) is 19.9 Å². The number of hydrazone groups is 1. The summed E-state index contributed by atoms with van der Waals surface area (Å²) < 4.78 is 0. The first-order valence-electron chi connectivity index (χ1n) is 5.02. The van der Waals surface area contributed by atoms with Crippen molar-refractivity contribution >= 4 is 35.1 Å². The van der Waals surface area contributed by atoms with Crippen molar-refractivity contribution in [2.75, 3.05) is 0 Å². The number of phenols is 1. The van der Waals surface area contributed by atoms with Crippen LogP contribution in [-0.4, -0.2) is 16.4 Å². The third kappa shape index (κ3) is 3.87. The quantitative estimate of drug-likeness (QED) is 0.448. The molecule has 0 fully saturated rings. The van der Waals surface area contributed by atoms with Crippen LogP contribution in [0.15, 0.2) is 17.2 Å². The molecular formula is C11H14ClN3OS. The summed E-state index contributed by atoms with van der Waals surface area (Å²) in [5.74, 6) is 0.299. The highest BCUT2D eigenvalue weighted by molar-refractivity contribution is 7.80.